The molecule has 0 radical (unpaired) electrons. The summed E-state index contributed by atoms with van der Waals surface area (Å²) in [6, 6.07) is 0. The quantitative estimate of drug-likeness (QED) is 0.265. The Kier molecular flexibility index (Phi) is 4.80. The van der Waals surface area contributed by atoms with Gasteiger partial charge in [0.05, 0.1) is 12.5 Å². The van der Waals surface area contributed by atoms with Crippen molar-refractivity contribution in [3.63, 3.8) is 0 Å². The average Bonchev–Trinajstić information content (AvgIpc) is 2.91. The molecule has 2 aliphatic rings. The molecule has 0 bridgehead atoms. The molecular weight excluding hydrogens is 276 g/mol. The van der Waals surface area contributed by atoms with Crippen LogP contribution in [0.15, 0.2) is 24.3 Å². The van der Waals surface area contributed by atoms with Crippen LogP contribution in [0, 0.1) is 11.8 Å². The van der Waals surface area contributed by atoms with Crippen molar-refractivity contribution in [1.29, 1.82) is 0 Å². The summed E-state index contributed by atoms with van der Waals surface area (Å²) in [5, 5.41) is 9.06. The standard InChI is InChI=1S/C15H20O6/c1-8(4-12-5-9(2)14(16)20-12)13(21-18)6-11-7-19-15(17)10(11)3/h9,11-13,18H,1,3-7H2,2H3/t9-,11-,12-,13-/m1/s1. The van der Waals surface area contributed by atoms with Gasteiger partial charge >= 0.3 is 11.9 Å². The number of carbonyl (C=O) groups is 2. The lowest BCUT2D eigenvalue weighted by atomic mass is 9.91. The first kappa shape index (κ1) is 15.7. The Morgan fingerprint density at radius 2 is 2.24 bits per heavy atom. The van der Waals surface area contributed by atoms with Crippen LogP contribution >= 0.6 is 0 Å². The van der Waals surface area contributed by atoms with Gasteiger partial charge in [-0.2, -0.15) is 0 Å². The SMILES string of the molecule is C=C1C(=O)OC[C@H]1C[C@@H](OO)C(=C)C[C@@H]1C[C@@H](C)C(=O)O1. The second-order valence-corrected chi connectivity index (χ2v) is 5.71. The lowest BCUT2D eigenvalue weighted by Crippen LogP contribution is -2.22. The van der Waals surface area contributed by atoms with Gasteiger partial charge in [0.15, 0.2) is 0 Å². The van der Waals surface area contributed by atoms with E-state index in [1.165, 1.54) is 0 Å². The maximum atomic E-state index is 11.4. The Morgan fingerprint density at radius 3 is 2.71 bits per heavy atom. The summed E-state index contributed by atoms with van der Waals surface area (Å²) < 4.78 is 10.1. The van der Waals surface area contributed by atoms with Crippen LogP contribution < -0.4 is 0 Å². The van der Waals surface area contributed by atoms with Crippen LogP contribution in [0.25, 0.3) is 0 Å². The van der Waals surface area contributed by atoms with E-state index in [-0.39, 0.29) is 30.5 Å². The Bertz CT molecular complexity index is 469. The maximum Gasteiger partial charge on any atom is 0.333 e. The van der Waals surface area contributed by atoms with Crippen LogP contribution in [0.4, 0.5) is 0 Å². The highest BCUT2D eigenvalue weighted by Gasteiger charge is 2.35. The van der Waals surface area contributed by atoms with Crippen molar-refractivity contribution in [3.05, 3.63) is 24.3 Å². The van der Waals surface area contributed by atoms with Gasteiger partial charge in [-0.3, -0.25) is 10.1 Å². The third-order valence-corrected chi connectivity index (χ3v) is 4.04. The fourth-order valence-corrected chi connectivity index (χ4v) is 2.66. The van der Waals surface area contributed by atoms with Crippen LogP contribution in [0.1, 0.15) is 26.2 Å². The molecule has 2 heterocycles. The molecule has 1 N–H and O–H groups in total. The maximum absolute atomic E-state index is 11.4. The molecule has 21 heavy (non-hydrogen) atoms. The fraction of sp³-hybridized carbons (Fsp3) is 0.600. The molecule has 2 fully saturated rings. The minimum absolute atomic E-state index is 0.114. The fourth-order valence-electron chi connectivity index (χ4n) is 2.66. The largest absolute Gasteiger partial charge is 0.462 e. The van der Waals surface area contributed by atoms with E-state index in [0.29, 0.717) is 30.4 Å². The van der Waals surface area contributed by atoms with Crippen LogP contribution in [-0.4, -0.2) is 36.0 Å². The molecule has 2 aliphatic heterocycles. The van der Waals surface area contributed by atoms with Crippen molar-refractivity contribution in [2.24, 2.45) is 11.8 Å². The molecule has 2 saturated heterocycles. The second kappa shape index (κ2) is 6.41. The van der Waals surface area contributed by atoms with E-state index in [1.54, 1.807) is 0 Å². The van der Waals surface area contributed by atoms with E-state index in [2.05, 4.69) is 18.0 Å². The molecular formula is C15H20O6. The van der Waals surface area contributed by atoms with E-state index < -0.39 is 12.1 Å². The minimum Gasteiger partial charge on any atom is -0.462 e. The Morgan fingerprint density at radius 1 is 1.52 bits per heavy atom. The molecule has 0 spiro atoms. The zero-order valence-electron chi connectivity index (χ0n) is 12.0. The van der Waals surface area contributed by atoms with Gasteiger partial charge in [-0.1, -0.05) is 20.1 Å². The Balaban J connectivity index is 1.89. The second-order valence-electron chi connectivity index (χ2n) is 5.71. The number of hydrogen-bond acceptors (Lipinski definition) is 6. The van der Waals surface area contributed by atoms with Crippen molar-refractivity contribution < 1.29 is 29.2 Å². The zero-order valence-corrected chi connectivity index (χ0v) is 12.0. The van der Waals surface area contributed by atoms with E-state index in [4.69, 9.17) is 14.7 Å². The van der Waals surface area contributed by atoms with Gasteiger partial charge in [0.25, 0.3) is 0 Å². The summed E-state index contributed by atoms with van der Waals surface area (Å²) in [7, 11) is 0. The molecule has 116 valence electrons. The summed E-state index contributed by atoms with van der Waals surface area (Å²) in [5.74, 6) is -0.938. The number of hydrogen-bond donors (Lipinski definition) is 1. The number of ether oxygens (including phenoxy) is 2. The van der Waals surface area contributed by atoms with Gasteiger partial charge in [0.2, 0.25) is 0 Å². The molecule has 4 atom stereocenters. The van der Waals surface area contributed by atoms with Crippen molar-refractivity contribution in [1.82, 2.24) is 0 Å². The molecule has 0 unspecified atom stereocenters. The third-order valence-electron chi connectivity index (χ3n) is 4.04. The predicted octanol–water partition coefficient (Wildman–Crippen LogP) is 1.86. The van der Waals surface area contributed by atoms with E-state index in [0.717, 1.165) is 0 Å². The Labute approximate surface area is 123 Å². The van der Waals surface area contributed by atoms with Crippen molar-refractivity contribution in [3.8, 4) is 0 Å². The van der Waals surface area contributed by atoms with E-state index >= 15 is 0 Å². The molecule has 0 aromatic rings. The predicted molar refractivity (Wildman–Crippen MR) is 73.1 cm³/mol. The van der Waals surface area contributed by atoms with Gasteiger partial charge in [-0.15, -0.1) is 0 Å². The zero-order chi connectivity index (χ0) is 15.6. The summed E-state index contributed by atoms with van der Waals surface area (Å²) in [6.45, 7) is 9.62. The van der Waals surface area contributed by atoms with E-state index in [1.807, 2.05) is 6.92 Å². The molecule has 0 amide bonds. The van der Waals surface area contributed by atoms with Crippen molar-refractivity contribution >= 4 is 11.9 Å². The number of esters is 2. The monoisotopic (exact) mass is 296 g/mol. The van der Waals surface area contributed by atoms with Gasteiger partial charge in [-0.05, 0) is 18.4 Å². The first-order chi connectivity index (χ1) is 9.92. The molecule has 0 aliphatic carbocycles. The van der Waals surface area contributed by atoms with Crippen LogP contribution in [0.3, 0.4) is 0 Å². The summed E-state index contributed by atoms with van der Waals surface area (Å²) in [5.41, 5.74) is 1.00. The number of rotatable bonds is 6. The average molecular weight is 296 g/mol. The van der Waals surface area contributed by atoms with Gasteiger partial charge in [0.1, 0.15) is 12.2 Å². The summed E-state index contributed by atoms with van der Waals surface area (Å²) in [6.07, 6.45) is 0.539. The van der Waals surface area contributed by atoms with Crippen LogP contribution in [0.2, 0.25) is 0 Å². The smallest absolute Gasteiger partial charge is 0.333 e. The molecule has 6 heteroatoms. The number of cyclic esters (lactones) is 2. The van der Waals surface area contributed by atoms with Gasteiger partial charge < -0.3 is 9.47 Å². The topological polar surface area (TPSA) is 82.1 Å². The highest BCUT2D eigenvalue weighted by atomic mass is 17.1. The minimum atomic E-state index is -0.643. The number of carbonyl (C=O) groups excluding carboxylic acids is 2. The molecule has 0 aromatic heterocycles. The highest BCUT2D eigenvalue weighted by Crippen LogP contribution is 2.31. The van der Waals surface area contributed by atoms with E-state index in [9.17, 15) is 9.59 Å². The molecule has 0 saturated carbocycles. The molecule has 6 nitrogen and oxygen atoms in total. The summed E-state index contributed by atoms with van der Waals surface area (Å²) in [4.78, 5) is 27.1. The highest BCUT2D eigenvalue weighted by molar-refractivity contribution is 5.90. The van der Waals surface area contributed by atoms with Crippen molar-refractivity contribution in [2.45, 2.75) is 38.4 Å². The van der Waals surface area contributed by atoms with Crippen LogP contribution in [0.5, 0.6) is 0 Å². The van der Waals surface area contributed by atoms with Gasteiger partial charge in [-0.25, -0.2) is 9.68 Å². The first-order valence-electron chi connectivity index (χ1n) is 6.96. The molecule has 0 aromatic carbocycles. The molecule has 2 rings (SSSR count). The normalized spacial score (nSPS) is 30.2. The summed E-state index contributed by atoms with van der Waals surface area (Å²) >= 11 is 0. The van der Waals surface area contributed by atoms with Gasteiger partial charge in [0, 0.05) is 17.9 Å². The van der Waals surface area contributed by atoms with Crippen molar-refractivity contribution in [2.75, 3.05) is 6.61 Å². The third kappa shape index (κ3) is 3.51. The Hall–Kier alpha value is -1.66. The lowest BCUT2D eigenvalue weighted by Gasteiger charge is -2.20. The first-order valence-corrected chi connectivity index (χ1v) is 6.96. The lowest BCUT2D eigenvalue weighted by molar-refractivity contribution is -0.272. The van der Waals surface area contributed by atoms with Crippen LogP contribution in [-0.2, 0) is 24.0 Å².